The van der Waals surface area contributed by atoms with Gasteiger partial charge in [0.1, 0.15) is 0 Å². The summed E-state index contributed by atoms with van der Waals surface area (Å²) in [4.78, 5) is 0. The van der Waals surface area contributed by atoms with Crippen molar-refractivity contribution >= 4 is 6.08 Å². The van der Waals surface area contributed by atoms with Gasteiger partial charge in [-0.1, -0.05) is 43.5 Å². The highest BCUT2D eigenvalue weighted by Crippen LogP contribution is 2.12. The lowest BCUT2D eigenvalue weighted by Gasteiger charge is -2.07. The molecule has 0 aromatic heterocycles. The highest BCUT2D eigenvalue weighted by molar-refractivity contribution is 5.52. The Bertz CT molecular complexity index is 313. The van der Waals surface area contributed by atoms with Crippen LogP contribution in [0.15, 0.2) is 43.1 Å². The van der Waals surface area contributed by atoms with E-state index >= 15 is 0 Å². The first-order chi connectivity index (χ1) is 6.27. The van der Waals surface area contributed by atoms with Crippen molar-refractivity contribution in [2.24, 2.45) is 0 Å². The second-order valence-electron chi connectivity index (χ2n) is 2.93. The first-order valence-corrected chi connectivity index (χ1v) is 4.33. The molecule has 0 bridgehead atoms. The van der Waals surface area contributed by atoms with E-state index in [1.807, 2.05) is 25.3 Å². The van der Waals surface area contributed by atoms with E-state index in [9.17, 15) is 0 Å². The van der Waals surface area contributed by atoms with E-state index in [1.165, 1.54) is 11.1 Å². The van der Waals surface area contributed by atoms with Crippen LogP contribution in [0.25, 0.3) is 6.08 Å². The molecule has 1 N–H and O–H groups in total. The van der Waals surface area contributed by atoms with Gasteiger partial charge in [0.05, 0.1) is 0 Å². The zero-order valence-corrected chi connectivity index (χ0v) is 8.01. The van der Waals surface area contributed by atoms with E-state index in [2.05, 4.69) is 30.6 Å². The first kappa shape index (κ1) is 9.59. The maximum atomic E-state index is 3.90. The highest BCUT2D eigenvalue weighted by Gasteiger charge is 1.98. The summed E-state index contributed by atoms with van der Waals surface area (Å²) < 4.78 is 0. The molecule has 0 aliphatic carbocycles. The van der Waals surface area contributed by atoms with Crippen molar-refractivity contribution in [1.29, 1.82) is 0 Å². The Balaban J connectivity index is 2.87. The fourth-order valence-electron chi connectivity index (χ4n) is 1.21. The van der Waals surface area contributed by atoms with Crippen LogP contribution in [0.4, 0.5) is 0 Å². The molecule has 0 amide bonds. The SMILES string of the molecule is C=Cc1ccccc1CC(=C)NC. The van der Waals surface area contributed by atoms with Gasteiger partial charge in [0, 0.05) is 19.2 Å². The van der Waals surface area contributed by atoms with Crippen LogP contribution >= 0.6 is 0 Å². The molecule has 0 saturated carbocycles. The van der Waals surface area contributed by atoms with E-state index < -0.39 is 0 Å². The average Bonchev–Trinajstić information content (AvgIpc) is 2.18. The molecule has 0 saturated heterocycles. The molecule has 1 nitrogen and oxygen atoms in total. The number of allylic oxidation sites excluding steroid dienone is 1. The first-order valence-electron chi connectivity index (χ1n) is 4.33. The Morgan fingerprint density at radius 3 is 2.77 bits per heavy atom. The molecule has 13 heavy (non-hydrogen) atoms. The van der Waals surface area contributed by atoms with Gasteiger partial charge in [-0.15, -0.1) is 0 Å². The van der Waals surface area contributed by atoms with Crippen molar-refractivity contribution in [3.8, 4) is 0 Å². The number of benzene rings is 1. The van der Waals surface area contributed by atoms with Gasteiger partial charge in [0.2, 0.25) is 0 Å². The number of likely N-dealkylation sites (N-methyl/N-ethyl adjacent to an activating group) is 1. The summed E-state index contributed by atoms with van der Waals surface area (Å²) in [6.45, 7) is 7.67. The predicted molar refractivity (Wildman–Crippen MR) is 58.4 cm³/mol. The fourth-order valence-corrected chi connectivity index (χ4v) is 1.21. The maximum Gasteiger partial charge on any atom is 0.0123 e. The quantitative estimate of drug-likeness (QED) is 0.738. The van der Waals surface area contributed by atoms with Gasteiger partial charge in [-0.05, 0) is 11.1 Å². The molecule has 0 radical (unpaired) electrons. The minimum absolute atomic E-state index is 0.860. The van der Waals surface area contributed by atoms with Crippen LogP contribution in [0.2, 0.25) is 0 Å². The Labute approximate surface area is 79.8 Å². The minimum atomic E-state index is 0.860. The molecular formula is C12H15N. The Morgan fingerprint density at radius 2 is 2.15 bits per heavy atom. The van der Waals surface area contributed by atoms with Gasteiger partial charge in [-0.3, -0.25) is 0 Å². The van der Waals surface area contributed by atoms with Crippen LogP contribution in [-0.4, -0.2) is 7.05 Å². The van der Waals surface area contributed by atoms with Gasteiger partial charge in [-0.2, -0.15) is 0 Å². The molecule has 1 rings (SSSR count). The second kappa shape index (κ2) is 4.51. The van der Waals surface area contributed by atoms with Gasteiger partial charge in [0.15, 0.2) is 0 Å². The standard InChI is InChI=1S/C12H15N/c1-4-11-7-5-6-8-12(11)9-10(2)13-3/h4-8,13H,1-2,9H2,3H3. The van der Waals surface area contributed by atoms with Gasteiger partial charge in [-0.25, -0.2) is 0 Å². The smallest absolute Gasteiger partial charge is 0.0123 e. The van der Waals surface area contributed by atoms with Crippen molar-refractivity contribution < 1.29 is 0 Å². The lowest BCUT2D eigenvalue weighted by atomic mass is 10.0. The summed E-state index contributed by atoms with van der Waals surface area (Å²) in [5, 5.41) is 3.04. The zero-order valence-electron chi connectivity index (χ0n) is 8.01. The molecule has 0 fully saturated rings. The van der Waals surface area contributed by atoms with Crippen LogP contribution < -0.4 is 5.32 Å². The topological polar surface area (TPSA) is 12.0 Å². The molecule has 0 unspecified atom stereocenters. The van der Waals surface area contributed by atoms with Crippen LogP contribution in [0.1, 0.15) is 11.1 Å². The lowest BCUT2D eigenvalue weighted by molar-refractivity contribution is 0.927. The second-order valence-corrected chi connectivity index (χ2v) is 2.93. The van der Waals surface area contributed by atoms with Crippen molar-refractivity contribution in [1.82, 2.24) is 5.32 Å². The Kier molecular flexibility index (Phi) is 3.32. The van der Waals surface area contributed by atoms with Crippen LogP contribution in [0.3, 0.4) is 0 Å². The summed E-state index contributed by atoms with van der Waals surface area (Å²) in [5.41, 5.74) is 3.46. The summed E-state index contributed by atoms with van der Waals surface area (Å²) in [7, 11) is 1.89. The van der Waals surface area contributed by atoms with Crippen molar-refractivity contribution in [3.05, 3.63) is 54.2 Å². The van der Waals surface area contributed by atoms with Crippen LogP contribution in [0, 0.1) is 0 Å². The molecule has 1 aromatic carbocycles. The summed E-state index contributed by atoms with van der Waals surface area (Å²) in [6.07, 6.45) is 2.73. The predicted octanol–water partition coefficient (Wildman–Crippen LogP) is 2.61. The monoisotopic (exact) mass is 173 g/mol. The average molecular weight is 173 g/mol. The molecular weight excluding hydrogens is 158 g/mol. The normalized spacial score (nSPS) is 9.31. The van der Waals surface area contributed by atoms with E-state index in [4.69, 9.17) is 0 Å². The largest absolute Gasteiger partial charge is 0.392 e. The molecule has 1 heteroatoms. The van der Waals surface area contributed by atoms with Gasteiger partial charge >= 0.3 is 0 Å². The summed E-state index contributed by atoms with van der Waals surface area (Å²) in [6, 6.07) is 8.21. The van der Waals surface area contributed by atoms with Crippen LogP contribution in [0.5, 0.6) is 0 Å². The van der Waals surface area contributed by atoms with E-state index in [0.717, 1.165) is 12.1 Å². The van der Waals surface area contributed by atoms with Crippen molar-refractivity contribution in [2.75, 3.05) is 7.05 Å². The number of hydrogen-bond acceptors (Lipinski definition) is 1. The van der Waals surface area contributed by atoms with Crippen molar-refractivity contribution in [2.45, 2.75) is 6.42 Å². The third kappa shape index (κ3) is 2.48. The third-order valence-electron chi connectivity index (χ3n) is 2.03. The van der Waals surface area contributed by atoms with E-state index in [-0.39, 0.29) is 0 Å². The fraction of sp³-hybridized carbons (Fsp3) is 0.167. The molecule has 0 heterocycles. The summed E-state index contributed by atoms with van der Waals surface area (Å²) >= 11 is 0. The Hall–Kier alpha value is -1.50. The number of rotatable bonds is 4. The van der Waals surface area contributed by atoms with Gasteiger partial charge < -0.3 is 5.32 Å². The molecule has 68 valence electrons. The number of nitrogens with one attached hydrogen (secondary N) is 1. The number of hydrogen-bond donors (Lipinski definition) is 1. The molecule has 1 aromatic rings. The third-order valence-corrected chi connectivity index (χ3v) is 2.03. The van der Waals surface area contributed by atoms with E-state index in [0.29, 0.717) is 0 Å². The van der Waals surface area contributed by atoms with Crippen molar-refractivity contribution in [3.63, 3.8) is 0 Å². The summed E-state index contributed by atoms with van der Waals surface area (Å²) in [5.74, 6) is 0. The Morgan fingerprint density at radius 1 is 1.46 bits per heavy atom. The molecule has 0 aliphatic rings. The zero-order chi connectivity index (χ0) is 9.68. The highest BCUT2D eigenvalue weighted by atomic mass is 14.8. The molecule has 0 spiro atoms. The van der Waals surface area contributed by atoms with E-state index in [1.54, 1.807) is 0 Å². The molecule has 0 atom stereocenters. The maximum absolute atomic E-state index is 3.90. The minimum Gasteiger partial charge on any atom is -0.392 e. The lowest BCUT2D eigenvalue weighted by Crippen LogP contribution is -2.07. The van der Waals surface area contributed by atoms with Crippen LogP contribution in [-0.2, 0) is 6.42 Å². The molecule has 0 aliphatic heterocycles. The van der Waals surface area contributed by atoms with Gasteiger partial charge in [0.25, 0.3) is 0 Å².